The molecule has 1 heterocycles. The van der Waals surface area contributed by atoms with Crippen LogP contribution in [0.3, 0.4) is 0 Å². The van der Waals surface area contributed by atoms with E-state index >= 15 is 0 Å². The molecule has 140 valence electrons. The topological polar surface area (TPSA) is 75.7 Å². The van der Waals surface area contributed by atoms with Crippen LogP contribution in [-0.2, 0) is 14.8 Å². The highest BCUT2D eigenvalue weighted by Gasteiger charge is 2.33. The molecule has 6 nitrogen and oxygen atoms in total. The number of nitrogens with zero attached hydrogens (tertiary/aromatic N) is 1. The third-order valence-electron chi connectivity index (χ3n) is 4.56. The second-order valence-electron chi connectivity index (χ2n) is 6.58. The lowest BCUT2D eigenvalue weighted by Gasteiger charge is -2.31. The largest absolute Gasteiger partial charge is 0.497 e. The number of hydrogen-bond donors (Lipinski definition) is 1. The Morgan fingerprint density at radius 1 is 1.36 bits per heavy atom. The van der Waals surface area contributed by atoms with Crippen LogP contribution in [0, 0.1) is 5.92 Å². The van der Waals surface area contributed by atoms with Gasteiger partial charge in [-0.15, -0.1) is 0 Å². The van der Waals surface area contributed by atoms with Gasteiger partial charge in [0.2, 0.25) is 15.9 Å². The summed E-state index contributed by atoms with van der Waals surface area (Å²) in [6.07, 6.45) is 3.34. The van der Waals surface area contributed by atoms with Gasteiger partial charge in [-0.05, 0) is 50.5 Å². The first-order chi connectivity index (χ1) is 11.9. The summed E-state index contributed by atoms with van der Waals surface area (Å²) in [6.45, 7) is 4.74. The number of piperidine rings is 1. The average Bonchev–Trinajstić information content (AvgIpc) is 2.62. The lowest BCUT2D eigenvalue weighted by atomic mass is 9.98. The summed E-state index contributed by atoms with van der Waals surface area (Å²) in [5, 5.41) is 3.00. The molecule has 0 spiro atoms. The zero-order valence-corrected chi connectivity index (χ0v) is 16.0. The van der Waals surface area contributed by atoms with Crippen molar-refractivity contribution < 1.29 is 17.9 Å². The third kappa shape index (κ3) is 4.95. The van der Waals surface area contributed by atoms with E-state index in [1.54, 1.807) is 24.3 Å². The monoisotopic (exact) mass is 368 g/mol. The molecule has 0 bridgehead atoms. The minimum atomic E-state index is -3.59. The molecule has 1 amide bonds. The summed E-state index contributed by atoms with van der Waals surface area (Å²) in [5.74, 6) is 0.274. The lowest BCUT2D eigenvalue weighted by molar-refractivity contribution is -0.126. The van der Waals surface area contributed by atoms with Crippen LogP contribution in [0.15, 0.2) is 29.2 Å². The van der Waals surface area contributed by atoms with Gasteiger partial charge in [-0.2, -0.15) is 4.31 Å². The Morgan fingerprint density at radius 3 is 2.64 bits per heavy atom. The van der Waals surface area contributed by atoms with Crippen LogP contribution in [0.5, 0.6) is 5.75 Å². The molecule has 1 saturated heterocycles. The maximum Gasteiger partial charge on any atom is 0.243 e. The van der Waals surface area contributed by atoms with E-state index in [0.717, 1.165) is 19.3 Å². The van der Waals surface area contributed by atoms with Gasteiger partial charge in [0, 0.05) is 19.1 Å². The van der Waals surface area contributed by atoms with Crippen molar-refractivity contribution in [1.82, 2.24) is 9.62 Å². The molecule has 1 aromatic carbocycles. The molecule has 1 fully saturated rings. The van der Waals surface area contributed by atoms with Gasteiger partial charge in [0.1, 0.15) is 5.75 Å². The van der Waals surface area contributed by atoms with E-state index < -0.39 is 10.0 Å². The fraction of sp³-hybridized carbons (Fsp3) is 0.611. The molecule has 1 aromatic rings. The fourth-order valence-electron chi connectivity index (χ4n) is 3.14. The molecule has 25 heavy (non-hydrogen) atoms. The zero-order valence-electron chi connectivity index (χ0n) is 15.2. The summed E-state index contributed by atoms with van der Waals surface area (Å²) in [6, 6.07) is 6.47. The molecule has 1 aliphatic rings. The van der Waals surface area contributed by atoms with Crippen LogP contribution in [0.2, 0.25) is 0 Å². The molecular weight excluding hydrogens is 340 g/mol. The standard InChI is InChI=1S/C18H28N2O4S/c1-4-6-14(2)19-18(21)15-7-5-12-20(13-15)25(22,23)17-10-8-16(24-3)9-11-17/h8-11,14-15H,4-7,12-13H2,1-3H3,(H,19,21). The van der Waals surface area contributed by atoms with E-state index in [-0.39, 0.29) is 29.3 Å². The lowest BCUT2D eigenvalue weighted by Crippen LogP contribution is -2.47. The molecule has 7 heteroatoms. The Balaban J connectivity index is 2.07. The van der Waals surface area contributed by atoms with E-state index in [1.807, 2.05) is 6.92 Å². The number of rotatable bonds is 7. The summed E-state index contributed by atoms with van der Waals surface area (Å²) >= 11 is 0. The van der Waals surface area contributed by atoms with Crippen molar-refractivity contribution in [1.29, 1.82) is 0 Å². The summed E-state index contributed by atoms with van der Waals surface area (Å²) < 4.78 is 32.2. The number of nitrogens with one attached hydrogen (secondary N) is 1. The SMILES string of the molecule is CCCC(C)NC(=O)C1CCCN(S(=O)(=O)c2ccc(OC)cc2)C1. The third-order valence-corrected chi connectivity index (χ3v) is 6.44. The van der Waals surface area contributed by atoms with Crippen molar-refractivity contribution in [3.8, 4) is 5.75 Å². The number of sulfonamides is 1. The van der Waals surface area contributed by atoms with Crippen molar-refractivity contribution in [3.63, 3.8) is 0 Å². The van der Waals surface area contributed by atoms with Gasteiger partial charge in [0.05, 0.1) is 17.9 Å². The predicted molar refractivity (Wildman–Crippen MR) is 97.0 cm³/mol. The van der Waals surface area contributed by atoms with Crippen molar-refractivity contribution >= 4 is 15.9 Å². The van der Waals surface area contributed by atoms with Crippen molar-refractivity contribution in [2.75, 3.05) is 20.2 Å². The number of ether oxygens (including phenoxy) is 1. The van der Waals surface area contributed by atoms with Crippen LogP contribution in [0.1, 0.15) is 39.5 Å². The van der Waals surface area contributed by atoms with Gasteiger partial charge >= 0.3 is 0 Å². The summed E-state index contributed by atoms with van der Waals surface area (Å²) in [7, 11) is -2.06. The Hall–Kier alpha value is -1.60. The molecule has 0 aromatic heterocycles. The quantitative estimate of drug-likeness (QED) is 0.802. The van der Waals surface area contributed by atoms with Crippen LogP contribution < -0.4 is 10.1 Å². The molecular formula is C18H28N2O4S. The van der Waals surface area contributed by atoms with Crippen molar-refractivity contribution in [2.45, 2.75) is 50.5 Å². The van der Waals surface area contributed by atoms with Gasteiger partial charge in [-0.3, -0.25) is 4.79 Å². The van der Waals surface area contributed by atoms with Gasteiger partial charge in [-0.1, -0.05) is 13.3 Å². The maximum atomic E-state index is 12.8. The van der Waals surface area contributed by atoms with E-state index in [1.165, 1.54) is 11.4 Å². The number of benzene rings is 1. The van der Waals surface area contributed by atoms with Crippen LogP contribution in [-0.4, -0.2) is 44.9 Å². The Labute approximate surface area is 150 Å². The van der Waals surface area contributed by atoms with Crippen molar-refractivity contribution in [3.05, 3.63) is 24.3 Å². The first-order valence-corrected chi connectivity index (χ1v) is 10.3. The second-order valence-corrected chi connectivity index (χ2v) is 8.51. The maximum absolute atomic E-state index is 12.8. The van der Waals surface area contributed by atoms with Gasteiger partial charge in [0.25, 0.3) is 0 Å². The molecule has 1 aliphatic heterocycles. The molecule has 0 aliphatic carbocycles. The molecule has 2 unspecified atom stereocenters. The minimum absolute atomic E-state index is 0.0458. The predicted octanol–water partition coefficient (Wildman–Crippen LogP) is 2.40. The molecule has 0 saturated carbocycles. The molecule has 2 rings (SSSR count). The molecule has 0 radical (unpaired) electrons. The van der Waals surface area contributed by atoms with Crippen LogP contribution >= 0.6 is 0 Å². The number of carbonyl (C=O) groups is 1. The smallest absolute Gasteiger partial charge is 0.243 e. The first-order valence-electron chi connectivity index (χ1n) is 8.83. The van der Waals surface area contributed by atoms with Gasteiger partial charge in [-0.25, -0.2) is 8.42 Å². The molecule has 1 N–H and O–H groups in total. The highest BCUT2D eigenvalue weighted by molar-refractivity contribution is 7.89. The number of methoxy groups -OCH3 is 1. The van der Waals surface area contributed by atoms with E-state index in [0.29, 0.717) is 18.7 Å². The van der Waals surface area contributed by atoms with Gasteiger partial charge in [0.15, 0.2) is 0 Å². The van der Waals surface area contributed by atoms with Gasteiger partial charge < -0.3 is 10.1 Å². The van der Waals surface area contributed by atoms with Crippen molar-refractivity contribution in [2.24, 2.45) is 5.92 Å². The second kappa shape index (κ2) is 8.67. The first kappa shape index (κ1) is 19.7. The van der Waals surface area contributed by atoms with E-state index in [9.17, 15) is 13.2 Å². The summed E-state index contributed by atoms with van der Waals surface area (Å²) in [5.41, 5.74) is 0. The Morgan fingerprint density at radius 2 is 2.04 bits per heavy atom. The number of carbonyl (C=O) groups excluding carboxylic acids is 1. The minimum Gasteiger partial charge on any atom is -0.497 e. The normalized spacial score (nSPS) is 20.0. The summed E-state index contributed by atoms with van der Waals surface area (Å²) in [4.78, 5) is 12.7. The van der Waals surface area contributed by atoms with Crippen LogP contribution in [0.4, 0.5) is 0 Å². The highest BCUT2D eigenvalue weighted by Crippen LogP contribution is 2.25. The number of amides is 1. The Bertz CT molecular complexity index is 673. The van der Waals surface area contributed by atoms with Crippen LogP contribution in [0.25, 0.3) is 0 Å². The number of hydrogen-bond acceptors (Lipinski definition) is 4. The highest BCUT2D eigenvalue weighted by atomic mass is 32.2. The zero-order chi connectivity index (χ0) is 18.4. The Kier molecular flexibility index (Phi) is 6.84. The van der Waals surface area contributed by atoms with E-state index in [2.05, 4.69) is 12.2 Å². The fourth-order valence-corrected chi connectivity index (χ4v) is 4.66. The molecule has 2 atom stereocenters. The average molecular weight is 368 g/mol. The van der Waals surface area contributed by atoms with E-state index in [4.69, 9.17) is 4.74 Å².